The van der Waals surface area contributed by atoms with E-state index in [-0.39, 0.29) is 31.0 Å². The second-order valence-electron chi connectivity index (χ2n) is 4.46. The number of esters is 1. The fourth-order valence-electron chi connectivity index (χ4n) is 2.11. The molecule has 0 amide bonds. The summed E-state index contributed by atoms with van der Waals surface area (Å²) < 4.78 is 4.91. The molecule has 1 atom stereocenters. The van der Waals surface area contributed by atoms with Gasteiger partial charge in [-0.05, 0) is 44.0 Å². The van der Waals surface area contributed by atoms with Gasteiger partial charge in [-0.1, -0.05) is 0 Å². The second kappa shape index (κ2) is 8.09. The van der Waals surface area contributed by atoms with Crippen LogP contribution in [0, 0.1) is 0 Å². The van der Waals surface area contributed by atoms with Crippen molar-refractivity contribution in [1.29, 1.82) is 0 Å². The lowest BCUT2D eigenvalue weighted by molar-refractivity contribution is -0.0828. The number of aliphatic hydroxyl groups is 1. The van der Waals surface area contributed by atoms with Crippen LogP contribution in [-0.2, 0) is 4.74 Å². The van der Waals surface area contributed by atoms with E-state index in [0.29, 0.717) is 17.9 Å². The summed E-state index contributed by atoms with van der Waals surface area (Å²) in [6.45, 7) is 3.05. The third-order valence-electron chi connectivity index (χ3n) is 3.12. The number of hydroxylamine groups is 2. The van der Waals surface area contributed by atoms with Crippen LogP contribution in [0.25, 0.3) is 0 Å². The molecule has 0 aromatic heterocycles. The molecule has 112 valence electrons. The first-order valence-electron chi connectivity index (χ1n) is 6.57. The van der Waals surface area contributed by atoms with E-state index in [1.54, 1.807) is 36.3 Å². The molecule has 6 heteroatoms. The van der Waals surface area contributed by atoms with Crippen LogP contribution in [0.4, 0.5) is 0 Å². The number of ether oxygens (including phenoxy) is 1. The van der Waals surface area contributed by atoms with Crippen LogP contribution in [0.15, 0.2) is 24.3 Å². The Morgan fingerprint density at radius 1 is 1.40 bits per heavy atom. The highest BCUT2D eigenvalue weighted by molar-refractivity contribution is 5.89. The summed E-state index contributed by atoms with van der Waals surface area (Å²) in [5, 5.41) is 11.0. The summed E-state index contributed by atoms with van der Waals surface area (Å²) in [6, 6.07) is 6.89. The summed E-state index contributed by atoms with van der Waals surface area (Å²) in [5.41, 5.74) is 0.509. The monoisotopic (exact) mass is 301 g/mol. The molecule has 2 rings (SSSR count). The Morgan fingerprint density at radius 2 is 2.10 bits per heavy atom. The Morgan fingerprint density at radius 3 is 2.70 bits per heavy atom. The van der Waals surface area contributed by atoms with Gasteiger partial charge < -0.3 is 14.7 Å². The zero-order valence-electron chi connectivity index (χ0n) is 11.4. The highest BCUT2D eigenvalue weighted by atomic mass is 35.5. The Hall–Kier alpha value is -1.30. The van der Waals surface area contributed by atoms with E-state index < -0.39 is 0 Å². The molecule has 1 N–H and O–H groups in total. The van der Waals surface area contributed by atoms with Crippen molar-refractivity contribution in [2.75, 3.05) is 19.8 Å². The predicted octanol–water partition coefficient (Wildman–Crippen LogP) is 2.04. The molecule has 5 nitrogen and oxygen atoms in total. The maximum atomic E-state index is 11.5. The first-order chi connectivity index (χ1) is 9.24. The number of carbonyl (C=O) groups is 1. The van der Waals surface area contributed by atoms with Crippen molar-refractivity contribution in [3.63, 3.8) is 0 Å². The number of halogens is 1. The molecule has 0 unspecified atom stereocenters. The van der Waals surface area contributed by atoms with Crippen LogP contribution in [0.5, 0.6) is 5.75 Å². The molecule has 1 aliphatic heterocycles. The minimum Gasteiger partial charge on any atom is -0.462 e. The molecule has 0 bridgehead atoms. The third kappa shape index (κ3) is 4.10. The quantitative estimate of drug-likeness (QED) is 0.843. The van der Waals surface area contributed by atoms with Gasteiger partial charge in [0.2, 0.25) is 0 Å². The van der Waals surface area contributed by atoms with Gasteiger partial charge in [0, 0.05) is 6.54 Å². The van der Waals surface area contributed by atoms with Crippen molar-refractivity contribution in [2.45, 2.75) is 25.8 Å². The van der Waals surface area contributed by atoms with Gasteiger partial charge in [0.25, 0.3) is 0 Å². The molecule has 0 radical (unpaired) electrons. The van der Waals surface area contributed by atoms with Gasteiger partial charge in [0.1, 0.15) is 5.75 Å². The fourth-order valence-corrected chi connectivity index (χ4v) is 2.11. The lowest BCUT2D eigenvalue weighted by Gasteiger charge is -2.22. The van der Waals surface area contributed by atoms with Gasteiger partial charge in [-0.15, -0.1) is 17.5 Å². The third-order valence-corrected chi connectivity index (χ3v) is 3.12. The lowest BCUT2D eigenvalue weighted by atomic mass is 10.2. The van der Waals surface area contributed by atoms with Gasteiger partial charge in [-0.25, -0.2) is 4.79 Å². The average molecular weight is 302 g/mol. The van der Waals surface area contributed by atoms with Crippen LogP contribution in [0.3, 0.4) is 0 Å². The summed E-state index contributed by atoms with van der Waals surface area (Å²) in [4.78, 5) is 17.2. The van der Waals surface area contributed by atoms with Gasteiger partial charge in [0.15, 0.2) is 0 Å². The SMILES string of the molecule is CCOC(=O)c1ccc(ON2CCC[C@H]2CO)cc1.Cl. The van der Waals surface area contributed by atoms with E-state index in [2.05, 4.69) is 0 Å². The van der Waals surface area contributed by atoms with Crippen molar-refractivity contribution in [3.05, 3.63) is 29.8 Å². The minimum atomic E-state index is -0.330. The summed E-state index contributed by atoms with van der Waals surface area (Å²) >= 11 is 0. The van der Waals surface area contributed by atoms with Crippen LogP contribution in [0.2, 0.25) is 0 Å². The largest absolute Gasteiger partial charge is 0.462 e. The van der Waals surface area contributed by atoms with E-state index in [0.717, 1.165) is 19.4 Å². The molecule has 0 aliphatic carbocycles. The number of rotatable bonds is 5. The molecule has 1 aromatic rings. The van der Waals surface area contributed by atoms with Gasteiger partial charge >= 0.3 is 5.97 Å². The standard InChI is InChI=1S/C14H19NO4.ClH/c1-2-18-14(17)11-5-7-13(8-6-11)19-15-9-3-4-12(15)10-16;/h5-8,12,16H,2-4,9-10H2,1H3;1H/t12-;/m0./s1. The Kier molecular flexibility index (Phi) is 6.78. The van der Waals surface area contributed by atoms with Crippen molar-refractivity contribution in [3.8, 4) is 5.75 Å². The second-order valence-corrected chi connectivity index (χ2v) is 4.46. The Labute approximate surface area is 124 Å². The summed E-state index contributed by atoms with van der Waals surface area (Å²) in [7, 11) is 0. The highest BCUT2D eigenvalue weighted by Crippen LogP contribution is 2.21. The zero-order valence-corrected chi connectivity index (χ0v) is 12.3. The van der Waals surface area contributed by atoms with Gasteiger partial charge in [0.05, 0.1) is 24.8 Å². The molecular weight excluding hydrogens is 282 g/mol. The van der Waals surface area contributed by atoms with Crippen LogP contribution < -0.4 is 4.84 Å². The summed E-state index contributed by atoms with van der Waals surface area (Å²) in [6.07, 6.45) is 1.96. The number of aliphatic hydroxyl groups excluding tert-OH is 1. The molecule has 1 heterocycles. The number of hydrogen-bond donors (Lipinski definition) is 1. The first-order valence-corrected chi connectivity index (χ1v) is 6.57. The molecule has 0 spiro atoms. The van der Waals surface area contributed by atoms with E-state index in [1.807, 2.05) is 0 Å². The van der Waals surface area contributed by atoms with Crippen LogP contribution in [-0.4, -0.2) is 41.9 Å². The Balaban J connectivity index is 0.00000200. The normalized spacial score (nSPS) is 18.4. The predicted molar refractivity (Wildman–Crippen MR) is 77.1 cm³/mol. The van der Waals surface area contributed by atoms with Crippen LogP contribution in [0.1, 0.15) is 30.1 Å². The molecule has 0 saturated carbocycles. The minimum absolute atomic E-state index is 0. The van der Waals surface area contributed by atoms with E-state index in [9.17, 15) is 9.90 Å². The lowest BCUT2D eigenvalue weighted by Crippen LogP contribution is -2.35. The Bertz CT molecular complexity index is 424. The molecule has 1 aromatic carbocycles. The fraction of sp³-hybridized carbons (Fsp3) is 0.500. The van der Waals surface area contributed by atoms with Crippen molar-refractivity contribution < 1.29 is 19.5 Å². The van der Waals surface area contributed by atoms with Crippen molar-refractivity contribution in [2.24, 2.45) is 0 Å². The average Bonchev–Trinajstić information content (AvgIpc) is 2.87. The van der Waals surface area contributed by atoms with Crippen molar-refractivity contribution in [1.82, 2.24) is 5.06 Å². The number of carbonyl (C=O) groups excluding carboxylic acids is 1. The smallest absolute Gasteiger partial charge is 0.338 e. The zero-order chi connectivity index (χ0) is 13.7. The van der Waals surface area contributed by atoms with Crippen LogP contribution >= 0.6 is 12.4 Å². The van der Waals surface area contributed by atoms with Gasteiger partial charge in [-0.2, -0.15) is 0 Å². The number of hydrogen-bond acceptors (Lipinski definition) is 5. The number of nitrogens with zero attached hydrogens (tertiary/aromatic N) is 1. The highest BCUT2D eigenvalue weighted by Gasteiger charge is 2.25. The summed E-state index contributed by atoms with van der Waals surface area (Å²) in [5.74, 6) is 0.330. The molecule has 1 saturated heterocycles. The molecule has 1 fully saturated rings. The first kappa shape index (κ1) is 16.8. The maximum absolute atomic E-state index is 11.5. The molecule has 20 heavy (non-hydrogen) atoms. The topological polar surface area (TPSA) is 59.0 Å². The van der Waals surface area contributed by atoms with E-state index >= 15 is 0 Å². The van der Waals surface area contributed by atoms with Gasteiger partial charge in [-0.3, -0.25) is 0 Å². The molecule has 1 aliphatic rings. The van der Waals surface area contributed by atoms with E-state index in [4.69, 9.17) is 9.57 Å². The van der Waals surface area contributed by atoms with Crippen molar-refractivity contribution >= 4 is 18.4 Å². The maximum Gasteiger partial charge on any atom is 0.338 e. The van der Waals surface area contributed by atoms with E-state index in [1.165, 1.54) is 0 Å². The number of benzene rings is 1. The molecular formula is C14H20ClNO4.